The molecule has 0 fully saturated rings. The molecule has 0 spiro atoms. The highest BCUT2D eigenvalue weighted by Crippen LogP contribution is 2.36. The van der Waals surface area contributed by atoms with Gasteiger partial charge in [0.1, 0.15) is 34.3 Å². The predicted octanol–water partition coefficient (Wildman–Crippen LogP) is 4.23. The molecule has 0 unspecified atom stereocenters. The molecule has 0 bridgehead atoms. The molecule has 3 aromatic rings. The second-order valence-electron chi connectivity index (χ2n) is 10.5. The summed E-state index contributed by atoms with van der Waals surface area (Å²) in [7, 11) is -1.87. The van der Waals surface area contributed by atoms with Crippen LogP contribution in [0.15, 0.2) is 106 Å². The van der Waals surface area contributed by atoms with Gasteiger partial charge in [0.15, 0.2) is 5.71 Å². The van der Waals surface area contributed by atoms with Crippen molar-refractivity contribution in [3.8, 4) is 0 Å². The fourth-order valence-electron chi connectivity index (χ4n) is 4.86. The number of nitrogens with zero attached hydrogens (tertiary/aromatic N) is 3. The molecule has 1 aliphatic rings. The normalized spacial score (nSPS) is 13.3. The van der Waals surface area contributed by atoms with Crippen LogP contribution < -0.4 is 9.80 Å². The Bertz CT molecular complexity index is 1850. The minimum atomic E-state index is -4.94. The summed E-state index contributed by atoms with van der Waals surface area (Å²) in [4.78, 5) is 3.03. The Labute approximate surface area is 253 Å². The van der Waals surface area contributed by atoms with Crippen LogP contribution in [0.4, 0.5) is 11.4 Å². The monoisotopic (exact) mass is 620 g/mol. The van der Waals surface area contributed by atoms with Crippen LogP contribution in [0.5, 0.6) is 0 Å². The van der Waals surface area contributed by atoms with Crippen molar-refractivity contribution in [3.63, 3.8) is 0 Å². The molecular weight excluding hydrogens is 587 g/mol. The van der Waals surface area contributed by atoms with Crippen LogP contribution in [-0.4, -0.2) is 71.0 Å². The second-order valence-corrected chi connectivity index (χ2v) is 13.2. The minimum Gasteiger partial charge on any atom is -0.744 e. The maximum atomic E-state index is 12.8. The molecule has 0 heterocycles. The number of hydrogen-bond donors (Lipinski definition) is 0. The van der Waals surface area contributed by atoms with E-state index in [1.165, 1.54) is 24.3 Å². The van der Waals surface area contributed by atoms with Crippen LogP contribution in [0.3, 0.4) is 0 Å². The van der Waals surface area contributed by atoms with Crippen LogP contribution in [-0.2, 0) is 26.8 Å². The molecule has 0 radical (unpaired) electrons. The molecule has 0 atom stereocenters. The van der Waals surface area contributed by atoms with Gasteiger partial charge in [-0.05, 0) is 77.7 Å². The third kappa shape index (κ3) is 7.49. The molecule has 11 heteroatoms. The molecule has 0 aliphatic heterocycles. The summed E-state index contributed by atoms with van der Waals surface area (Å²) in [6.45, 7) is 2.45. The maximum Gasteiger partial charge on any atom is 0.199 e. The summed E-state index contributed by atoms with van der Waals surface area (Å²) in [5.41, 5.74) is 5.27. The molecule has 0 amide bonds. The Kier molecular flexibility index (Phi) is 9.41. The smallest absolute Gasteiger partial charge is 0.199 e. The number of allylic oxidation sites excluding steroid dienone is 5. The topological polar surface area (TPSA) is 124 Å². The van der Waals surface area contributed by atoms with Gasteiger partial charge in [-0.1, -0.05) is 30.3 Å². The molecule has 43 heavy (non-hydrogen) atoms. The molecule has 226 valence electrons. The molecule has 1 aliphatic carbocycles. The van der Waals surface area contributed by atoms with E-state index in [1.54, 1.807) is 23.1 Å². The summed E-state index contributed by atoms with van der Waals surface area (Å²) in [5, 5.41) is 0. The van der Waals surface area contributed by atoms with Crippen LogP contribution in [0.25, 0.3) is 5.57 Å². The van der Waals surface area contributed by atoms with E-state index in [2.05, 4.69) is 0 Å². The second kappa shape index (κ2) is 12.7. The van der Waals surface area contributed by atoms with Crippen molar-refractivity contribution < 1.29 is 30.5 Å². The minimum absolute atomic E-state index is 0.187. The lowest BCUT2D eigenvalue weighted by molar-refractivity contribution is -0.462. The van der Waals surface area contributed by atoms with Crippen molar-refractivity contribution in [2.75, 3.05) is 44.5 Å². The van der Waals surface area contributed by atoms with E-state index in [4.69, 9.17) is 0 Å². The molecule has 0 aromatic heterocycles. The lowest BCUT2D eigenvalue weighted by atomic mass is 9.90. The average molecular weight is 621 g/mol. The number of rotatable bonds is 9. The first-order chi connectivity index (χ1) is 20.2. The fraction of sp³-hybridized carbons (Fsp3) is 0.219. The van der Waals surface area contributed by atoms with Gasteiger partial charge in [-0.3, -0.25) is 0 Å². The van der Waals surface area contributed by atoms with Gasteiger partial charge in [0.25, 0.3) is 0 Å². The van der Waals surface area contributed by atoms with E-state index >= 15 is 0 Å². The van der Waals surface area contributed by atoms with Crippen molar-refractivity contribution in [1.82, 2.24) is 0 Å². The van der Waals surface area contributed by atoms with Crippen LogP contribution >= 0.6 is 0 Å². The Morgan fingerprint density at radius 3 is 1.95 bits per heavy atom. The Hall–Kier alpha value is -4.03. The largest absolute Gasteiger partial charge is 0.744 e. The highest BCUT2D eigenvalue weighted by molar-refractivity contribution is 7.86. The predicted molar refractivity (Wildman–Crippen MR) is 168 cm³/mol. The Morgan fingerprint density at radius 2 is 1.42 bits per heavy atom. The van der Waals surface area contributed by atoms with Crippen LogP contribution in [0, 0.1) is 0 Å². The number of anilines is 2. The van der Waals surface area contributed by atoms with Gasteiger partial charge >= 0.3 is 0 Å². The van der Waals surface area contributed by atoms with Crippen molar-refractivity contribution in [2.24, 2.45) is 0 Å². The number of benzene rings is 3. The first-order valence-corrected chi connectivity index (χ1v) is 16.3. The van der Waals surface area contributed by atoms with Gasteiger partial charge in [-0.2, -0.15) is 0 Å². The lowest BCUT2D eigenvalue weighted by Crippen LogP contribution is -2.22. The Balaban J connectivity index is 1.88. The molecule has 4 rings (SSSR count). The molecular formula is C32H34N3O6S2-. The van der Waals surface area contributed by atoms with Gasteiger partial charge in [0.2, 0.25) is 0 Å². The molecule has 0 N–H and O–H groups in total. The summed E-state index contributed by atoms with van der Waals surface area (Å²) in [6.07, 6.45) is 7.65. The zero-order valence-corrected chi connectivity index (χ0v) is 26.3. The third-order valence-corrected chi connectivity index (χ3v) is 8.86. The summed E-state index contributed by atoms with van der Waals surface area (Å²) in [6, 6.07) is 18.1. The van der Waals surface area contributed by atoms with Crippen molar-refractivity contribution in [3.05, 3.63) is 113 Å². The first kappa shape index (κ1) is 31.9. The SMILES string of the molecule is CCN(Cc1cccc(S(=O)(=O)[O-])c1)c1ccc(C(=C2C=CC(=[N+](C)C)C=C2)c2ccc(N(C)C)cc2)c(S(=O)(=O)[O-])c1. The van der Waals surface area contributed by atoms with Crippen LogP contribution in [0.2, 0.25) is 0 Å². The number of hydrogen-bond acceptors (Lipinski definition) is 8. The summed E-state index contributed by atoms with van der Waals surface area (Å²) < 4.78 is 74.9. The van der Waals surface area contributed by atoms with Gasteiger partial charge in [-0.25, -0.2) is 21.4 Å². The molecule has 0 saturated heterocycles. The molecule has 0 saturated carbocycles. The van der Waals surface area contributed by atoms with E-state index in [1.807, 2.05) is 93.2 Å². The standard InChI is InChI=1S/C32H35N3O6S2/c1-6-35(22-23-8-7-9-29(20-23)42(36,37)38)28-18-19-30(31(21-28)43(39,40)41)32(24-10-14-26(15-11-24)33(2)3)25-12-16-27(17-13-25)34(4)5/h7-21H,6,22H2,1-5H3,(H-,36,37,38,39,40,41)/p-1. The van der Waals surface area contributed by atoms with Gasteiger partial charge in [0, 0.05) is 56.3 Å². The van der Waals surface area contributed by atoms with E-state index in [9.17, 15) is 25.9 Å². The first-order valence-electron chi connectivity index (χ1n) is 13.5. The van der Waals surface area contributed by atoms with E-state index in [-0.39, 0.29) is 21.9 Å². The van der Waals surface area contributed by atoms with E-state index in [0.717, 1.165) is 22.5 Å². The van der Waals surface area contributed by atoms with Gasteiger partial charge < -0.3 is 18.9 Å². The van der Waals surface area contributed by atoms with E-state index < -0.39 is 20.2 Å². The van der Waals surface area contributed by atoms with Gasteiger partial charge in [-0.15, -0.1) is 0 Å². The third-order valence-electron chi connectivity index (χ3n) is 7.16. The zero-order valence-electron chi connectivity index (χ0n) is 24.7. The highest BCUT2D eigenvalue weighted by Gasteiger charge is 2.21. The lowest BCUT2D eigenvalue weighted by Gasteiger charge is -2.26. The van der Waals surface area contributed by atoms with Crippen molar-refractivity contribution in [1.29, 1.82) is 0 Å². The molecule has 9 nitrogen and oxygen atoms in total. The quantitative estimate of drug-likeness (QED) is 0.257. The summed E-state index contributed by atoms with van der Waals surface area (Å²) in [5.74, 6) is 0. The average Bonchev–Trinajstić information content (AvgIpc) is 2.96. The van der Waals surface area contributed by atoms with Crippen molar-refractivity contribution in [2.45, 2.75) is 23.3 Å². The molecule has 3 aromatic carbocycles. The maximum absolute atomic E-state index is 12.8. The van der Waals surface area contributed by atoms with Crippen molar-refractivity contribution >= 4 is 42.9 Å². The van der Waals surface area contributed by atoms with Gasteiger partial charge in [0.05, 0.1) is 9.79 Å². The zero-order chi connectivity index (χ0) is 31.5. The summed E-state index contributed by atoms with van der Waals surface area (Å²) >= 11 is 0. The van der Waals surface area contributed by atoms with E-state index in [0.29, 0.717) is 23.4 Å². The highest BCUT2D eigenvalue weighted by atomic mass is 32.2. The Morgan fingerprint density at radius 1 is 0.791 bits per heavy atom. The fourth-order valence-corrected chi connectivity index (χ4v) is 6.10. The van der Waals surface area contributed by atoms with Crippen LogP contribution in [0.1, 0.15) is 23.6 Å².